The van der Waals surface area contributed by atoms with E-state index in [2.05, 4.69) is 47.1 Å². The molecule has 3 nitrogen and oxygen atoms in total. The van der Waals surface area contributed by atoms with Crippen molar-refractivity contribution in [2.75, 3.05) is 7.05 Å². The lowest BCUT2D eigenvalue weighted by Gasteiger charge is -2.22. The monoisotopic (exact) mass is 361 g/mol. The first-order chi connectivity index (χ1) is 12.2. The smallest absolute Gasteiger partial charge is 0.116 e. The molecule has 2 aromatic rings. The van der Waals surface area contributed by atoms with Gasteiger partial charge in [0.05, 0.1) is 0 Å². The van der Waals surface area contributed by atoms with Crippen LogP contribution in [-0.2, 0) is 6.42 Å². The minimum absolute atomic E-state index is 0.611. The first-order valence-electron chi connectivity index (χ1n) is 9.18. The van der Waals surface area contributed by atoms with E-state index in [0.717, 1.165) is 11.4 Å². The molecule has 1 fully saturated rings. The van der Waals surface area contributed by atoms with Crippen molar-refractivity contribution in [1.82, 2.24) is 9.55 Å². The molecule has 0 atom stereocenters. The Bertz CT molecular complexity index is 628. The van der Waals surface area contributed by atoms with Gasteiger partial charge in [0, 0.05) is 29.0 Å². The zero-order chi connectivity index (χ0) is 18.7. The van der Waals surface area contributed by atoms with E-state index in [1.54, 1.807) is 6.08 Å². The predicted octanol–water partition coefficient (Wildman–Crippen LogP) is 5.90. The number of hydrogen-bond acceptors (Lipinski definition) is 2. The number of nitrogens with zero attached hydrogens (tertiary/aromatic N) is 2. The van der Waals surface area contributed by atoms with Crippen LogP contribution in [0.4, 0.5) is 0 Å². The molecule has 0 aliphatic heterocycles. The van der Waals surface area contributed by atoms with Gasteiger partial charge in [0.2, 0.25) is 0 Å². The van der Waals surface area contributed by atoms with Crippen molar-refractivity contribution in [3.63, 3.8) is 0 Å². The minimum Gasteiger partial charge on any atom is -0.333 e. The van der Waals surface area contributed by atoms with Crippen molar-refractivity contribution in [2.24, 2.45) is 5.73 Å². The Kier molecular flexibility index (Phi) is 10.2. The van der Waals surface area contributed by atoms with Gasteiger partial charge >= 0.3 is 0 Å². The van der Waals surface area contributed by atoms with Crippen molar-refractivity contribution in [2.45, 2.75) is 58.3 Å². The number of allylic oxidation sites excluding steroid dienone is 1. The normalized spacial score (nSPS) is 14.0. The van der Waals surface area contributed by atoms with Crippen molar-refractivity contribution < 1.29 is 0 Å². The molecule has 0 amide bonds. The van der Waals surface area contributed by atoms with Crippen LogP contribution in [0.2, 0.25) is 5.02 Å². The Labute approximate surface area is 157 Å². The number of halogens is 1. The second-order valence-corrected chi connectivity index (χ2v) is 6.44. The van der Waals surface area contributed by atoms with Gasteiger partial charge in [0.25, 0.3) is 0 Å². The third-order valence-electron chi connectivity index (χ3n) is 4.33. The SMILES string of the molecule is C=CC.CCc1cc(-n2ccnc2C2CCCCC2)ccc1Cl.CN. The van der Waals surface area contributed by atoms with E-state index in [9.17, 15) is 0 Å². The molecule has 0 spiro atoms. The standard InChI is InChI=1S/C17H21ClN2.C3H6.CH5N/c1-2-13-12-15(8-9-16(13)18)20-11-10-19-17(20)14-6-4-3-5-7-14;1-3-2;1-2/h8-12,14H,2-7H2,1H3;3H,1H2,2H3;2H2,1H3. The van der Waals surface area contributed by atoms with Gasteiger partial charge in [-0.15, -0.1) is 6.58 Å². The lowest BCUT2D eigenvalue weighted by Crippen LogP contribution is -2.11. The molecule has 4 heteroatoms. The lowest BCUT2D eigenvalue weighted by atomic mass is 9.88. The average Bonchev–Trinajstić information content (AvgIpc) is 3.15. The van der Waals surface area contributed by atoms with E-state index in [1.165, 1.54) is 56.2 Å². The third-order valence-corrected chi connectivity index (χ3v) is 4.70. The van der Waals surface area contributed by atoms with Gasteiger partial charge in [-0.1, -0.05) is 43.9 Å². The number of rotatable bonds is 3. The maximum Gasteiger partial charge on any atom is 0.116 e. The first-order valence-corrected chi connectivity index (χ1v) is 9.55. The van der Waals surface area contributed by atoms with E-state index >= 15 is 0 Å². The maximum absolute atomic E-state index is 6.22. The van der Waals surface area contributed by atoms with Crippen LogP contribution in [0.5, 0.6) is 0 Å². The van der Waals surface area contributed by atoms with Crippen molar-refractivity contribution in [3.05, 3.63) is 59.7 Å². The molecular weight excluding hydrogens is 330 g/mol. The van der Waals surface area contributed by atoms with Crippen LogP contribution in [0.1, 0.15) is 63.3 Å². The fourth-order valence-electron chi connectivity index (χ4n) is 3.18. The Hall–Kier alpha value is -1.58. The Morgan fingerprint density at radius 3 is 2.52 bits per heavy atom. The number of hydrogen-bond donors (Lipinski definition) is 1. The summed E-state index contributed by atoms with van der Waals surface area (Å²) in [5, 5.41) is 0.857. The zero-order valence-electron chi connectivity index (χ0n) is 15.8. The second kappa shape index (κ2) is 11.9. The number of imidazole rings is 1. The molecule has 0 bridgehead atoms. The highest BCUT2D eigenvalue weighted by Gasteiger charge is 2.20. The summed E-state index contributed by atoms with van der Waals surface area (Å²) in [6, 6.07) is 6.28. The van der Waals surface area contributed by atoms with Crippen LogP contribution in [0.3, 0.4) is 0 Å². The summed E-state index contributed by atoms with van der Waals surface area (Å²) in [5.41, 5.74) is 6.89. The molecule has 1 aliphatic carbocycles. The van der Waals surface area contributed by atoms with Gasteiger partial charge in [0.1, 0.15) is 5.82 Å². The Morgan fingerprint density at radius 1 is 1.28 bits per heavy atom. The van der Waals surface area contributed by atoms with Crippen LogP contribution >= 0.6 is 11.6 Å². The van der Waals surface area contributed by atoms with Gasteiger partial charge in [-0.3, -0.25) is 0 Å². The molecular formula is C21H32ClN3. The van der Waals surface area contributed by atoms with Crippen LogP contribution in [0.25, 0.3) is 5.69 Å². The van der Waals surface area contributed by atoms with E-state index in [0.29, 0.717) is 5.92 Å². The van der Waals surface area contributed by atoms with Crippen LogP contribution in [-0.4, -0.2) is 16.6 Å². The van der Waals surface area contributed by atoms with Gasteiger partial charge in [-0.05, 0) is 57.0 Å². The average molecular weight is 362 g/mol. The lowest BCUT2D eigenvalue weighted by molar-refractivity contribution is 0.425. The first kappa shape index (κ1) is 21.5. The molecule has 0 saturated heterocycles. The topological polar surface area (TPSA) is 43.8 Å². The molecule has 0 radical (unpaired) electrons. The van der Waals surface area contributed by atoms with Crippen molar-refractivity contribution in [3.8, 4) is 5.69 Å². The van der Waals surface area contributed by atoms with E-state index in [4.69, 9.17) is 11.6 Å². The molecule has 138 valence electrons. The fourth-order valence-corrected chi connectivity index (χ4v) is 3.43. The van der Waals surface area contributed by atoms with E-state index < -0.39 is 0 Å². The fraction of sp³-hybridized carbons (Fsp3) is 0.476. The van der Waals surface area contributed by atoms with Crippen LogP contribution < -0.4 is 5.73 Å². The number of aryl methyl sites for hydroxylation is 1. The van der Waals surface area contributed by atoms with Crippen molar-refractivity contribution in [1.29, 1.82) is 0 Å². The minimum atomic E-state index is 0.611. The molecule has 1 aromatic heterocycles. The Balaban J connectivity index is 0.000000567. The predicted molar refractivity (Wildman–Crippen MR) is 110 cm³/mol. The Morgan fingerprint density at radius 2 is 1.92 bits per heavy atom. The summed E-state index contributed by atoms with van der Waals surface area (Å²) >= 11 is 6.22. The summed E-state index contributed by atoms with van der Waals surface area (Å²) in [7, 11) is 1.50. The van der Waals surface area contributed by atoms with Gasteiger partial charge in [-0.25, -0.2) is 4.98 Å². The zero-order valence-corrected chi connectivity index (χ0v) is 16.6. The van der Waals surface area contributed by atoms with Gasteiger partial charge < -0.3 is 10.3 Å². The molecule has 1 heterocycles. The second-order valence-electron chi connectivity index (χ2n) is 6.03. The molecule has 1 aliphatic rings. The van der Waals surface area contributed by atoms with Crippen LogP contribution in [0.15, 0.2) is 43.2 Å². The summed E-state index contributed by atoms with van der Waals surface area (Å²) in [5.74, 6) is 1.83. The number of aromatic nitrogens is 2. The summed E-state index contributed by atoms with van der Waals surface area (Å²) < 4.78 is 2.24. The summed E-state index contributed by atoms with van der Waals surface area (Å²) in [6.07, 6.45) is 13.3. The molecule has 2 N–H and O–H groups in total. The highest BCUT2D eigenvalue weighted by molar-refractivity contribution is 6.31. The third kappa shape index (κ3) is 6.02. The molecule has 1 saturated carbocycles. The molecule has 0 unspecified atom stereocenters. The number of nitrogens with two attached hydrogens (primary N) is 1. The highest BCUT2D eigenvalue weighted by atomic mass is 35.5. The van der Waals surface area contributed by atoms with Gasteiger partial charge in [-0.2, -0.15) is 0 Å². The molecule has 1 aromatic carbocycles. The summed E-state index contributed by atoms with van der Waals surface area (Å²) in [4.78, 5) is 4.62. The molecule has 25 heavy (non-hydrogen) atoms. The molecule has 3 rings (SSSR count). The summed E-state index contributed by atoms with van der Waals surface area (Å²) in [6.45, 7) is 7.39. The van der Waals surface area contributed by atoms with Gasteiger partial charge in [0.15, 0.2) is 0 Å². The van der Waals surface area contributed by atoms with Crippen LogP contribution in [0, 0.1) is 0 Å². The quantitative estimate of drug-likeness (QED) is 0.691. The maximum atomic E-state index is 6.22. The van der Waals surface area contributed by atoms with E-state index in [-0.39, 0.29) is 0 Å². The highest BCUT2D eigenvalue weighted by Crippen LogP contribution is 2.33. The largest absolute Gasteiger partial charge is 0.333 e. The van der Waals surface area contributed by atoms with E-state index in [1.807, 2.05) is 19.2 Å². The van der Waals surface area contributed by atoms with Crippen molar-refractivity contribution >= 4 is 11.6 Å². The number of benzene rings is 1.